The molecule has 0 aliphatic rings. The molecule has 0 bridgehead atoms. The Morgan fingerprint density at radius 3 is 2.67 bits per heavy atom. The summed E-state index contributed by atoms with van der Waals surface area (Å²) in [6.45, 7) is 0. The van der Waals surface area contributed by atoms with Gasteiger partial charge >= 0.3 is 0 Å². The van der Waals surface area contributed by atoms with Crippen molar-refractivity contribution in [2.24, 2.45) is 0 Å². The number of likely N-dealkylation sites (N-methyl/N-ethyl adjacent to an activating group) is 1. The van der Waals surface area contributed by atoms with E-state index in [1.165, 1.54) is 16.5 Å². The summed E-state index contributed by atoms with van der Waals surface area (Å²) in [6, 6.07) is 18.8. The van der Waals surface area contributed by atoms with E-state index in [1.807, 2.05) is 31.4 Å². The lowest BCUT2D eigenvalue weighted by Gasteiger charge is -2.13. The molecule has 2 aromatic heterocycles. The van der Waals surface area contributed by atoms with Crippen LogP contribution in [0.2, 0.25) is 0 Å². The smallest absolute Gasteiger partial charge is 0.124 e. The number of aromatic nitrogens is 3. The van der Waals surface area contributed by atoms with Crippen LogP contribution in [0.5, 0.6) is 0 Å². The number of benzene rings is 2. The van der Waals surface area contributed by atoms with Gasteiger partial charge in [0.25, 0.3) is 0 Å². The largest absolute Gasteiger partial charge is 0.361 e. The highest BCUT2D eigenvalue weighted by atomic mass is 15.0. The number of fused-ring (bicyclic) bond motifs is 1. The minimum atomic E-state index is 0.140. The van der Waals surface area contributed by atoms with E-state index in [0.717, 1.165) is 23.5 Å². The van der Waals surface area contributed by atoms with E-state index in [2.05, 4.69) is 62.9 Å². The molecular formula is C20H20N4. The normalized spacial score (nSPS) is 12.5. The molecule has 4 heteroatoms. The molecule has 0 saturated carbocycles. The van der Waals surface area contributed by atoms with Crippen LogP contribution in [0, 0.1) is 0 Å². The molecule has 4 rings (SSSR count). The maximum atomic E-state index is 4.60. The summed E-state index contributed by atoms with van der Waals surface area (Å²) in [5.41, 5.74) is 4.66. The first-order valence-electron chi connectivity index (χ1n) is 8.18. The van der Waals surface area contributed by atoms with E-state index in [1.54, 1.807) is 0 Å². The molecule has 0 fully saturated rings. The van der Waals surface area contributed by atoms with Crippen molar-refractivity contribution in [3.63, 3.8) is 0 Å². The lowest BCUT2D eigenvalue weighted by molar-refractivity contribution is 0.565. The number of H-pyrrole nitrogens is 2. The van der Waals surface area contributed by atoms with Gasteiger partial charge in [0, 0.05) is 17.1 Å². The highest BCUT2D eigenvalue weighted by Gasteiger charge is 2.16. The average Bonchev–Trinajstić information content (AvgIpc) is 3.28. The van der Waals surface area contributed by atoms with Gasteiger partial charge in [0.2, 0.25) is 0 Å². The van der Waals surface area contributed by atoms with Crippen molar-refractivity contribution in [2.75, 3.05) is 7.05 Å². The molecule has 24 heavy (non-hydrogen) atoms. The van der Waals surface area contributed by atoms with Crippen LogP contribution in [0.3, 0.4) is 0 Å². The summed E-state index contributed by atoms with van der Waals surface area (Å²) in [5.74, 6) is 0.960. The fourth-order valence-corrected chi connectivity index (χ4v) is 3.13. The maximum Gasteiger partial charge on any atom is 0.124 e. The first-order valence-corrected chi connectivity index (χ1v) is 8.18. The van der Waals surface area contributed by atoms with Gasteiger partial charge < -0.3 is 15.3 Å². The Balaban J connectivity index is 1.61. The van der Waals surface area contributed by atoms with Crippen LogP contribution in [0.15, 0.2) is 67.0 Å². The molecule has 0 aliphatic carbocycles. The Labute approximate surface area is 141 Å². The Morgan fingerprint density at radius 1 is 1.04 bits per heavy atom. The van der Waals surface area contributed by atoms with Gasteiger partial charge in [-0.2, -0.15) is 0 Å². The van der Waals surface area contributed by atoms with Crippen LogP contribution in [0.25, 0.3) is 22.2 Å². The van der Waals surface area contributed by atoms with Crippen molar-refractivity contribution in [1.82, 2.24) is 20.3 Å². The van der Waals surface area contributed by atoms with Gasteiger partial charge in [-0.1, -0.05) is 48.5 Å². The van der Waals surface area contributed by atoms with E-state index in [4.69, 9.17) is 0 Å². The molecule has 0 amide bonds. The summed E-state index contributed by atoms with van der Waals surface area (Å²) in [6.07, 6.45) is 4.88. The molecule has 120 valence electrons. The summed E-state index contributed by atoms with van der Waals surface area (Å²) < 4.78 is 0. The Kier molecular flexibility index (Phi) is 3.89. The molecular weight excluding hydrogens is 296 g/mol. The minimum absolute atomic E-state index is 0.140. The fourth-order valence-electron chi connectivity index (χ4n) is 3.13. The summed E-state index contributed by atoms with van der Waals surface area (Å²) >= 11 is 0. The van der Waals surface area contributed by atoms with Crippen molar-refractivity contribution in [3.05, 3.63) is 78.4 Å². The molecule has 2 aromatic carbocycles. The predicted molar refractivity (Wildman–Crippen MR) is 97.8 cm³/mol. The lowest BCUT2D eigenvalue weighted by Crippen LogP contribution is -2.20. The third-order valence-corrected chi connectivity index (χ3v) is 4.46. The Hall–Kier alpha value is -2.85. The molecule has 0 aliphatic heterocycles. The highest BCUT2D eigenvalue weighted by Crippen LogP contribution is 2.25. The number of nitrogens with one attached hydrogen (secondary N) is 3. The lowest BCUT2D eigenvalue weighted by atomic mass is 10.0. The third-order valence-electron chi connectivity index (χ3n) is 4.46. The first-order chi connectivity index (χ1) is 11.8. The molecule has 0 radical (unpaired) electrons. The van der Waals surface area contributed by atoms with E-state index < -0.39 is 0 Å². The Bertz CT molecular complexity index is 936. The van der Waals surface area contributed by atoms with Crippen LogP contribution < -0.4 is 5.32 Å². The quantitative estimate of drug-likeness (QED) is 0.520. The number of rotatable bonds is 5. The fraction of sp³-hybridized carbons (Fsp3) is 0.150. The zero-order chi connectivity index (χ0) is 16.4. The molecule has 1 atom stereocenters. The second-order valence-corrected chi connectivity index (χ2v) is 5.95. The van der Waals surface area contributed by atoms with Crippen LogP contribution in [-0.2, 0) is 6.42 Å². The second kappa shape index (κ2) is 6.34. The Morgan fingerprint density at radius 2 is 1.83 bits per heavy atom. The number of aromatic amines is 2. The summed E-state index contributed by atoms with van der Waals surface area (Å²) in [5, 5.41) is 4.65. The standard InChI is InChI=1S/C20H20N4/c1-21-18(11-15-12-22-17-10-6-5-9-16(15)17)20-23-13-19(24-20)14-7-3-2-4-8-14/h2-10,12-13,18,21-22H,11H2,1H3,(H,23,24). The van der Waals surface area contributed by atoms with Crippen molar-refractivity contribution in [2.45, 2.75) is 12.5 Å². The SMILES string of the molecule is CNC(Cc1c[nH]c2ccccc12)c1ncc(-c2ccccc2)[nH]1. The number of hydrogen-bond donors (Lipinski definition) is 3. The van der Waals surface area contributed by atoms with Crippen molar-refractivity contribution in [1.29, 1.82) is 0 Å². The topological polar surface area (TPSA) is 56.5 Å². The summed E-state index contributed by atoms with van der Waals surface area (Å²) in [4.78, 5) is 11.4. The monoisotopic (exact) mass is 316 g/mol. The van der Waals surface area contributed by atoms with E-state index in [0.29, 0.717) is 0 Å². The third kappa shape index (κ3) is 2.72. The van der Waals surface area contributed by atoms with Gasteiger partial charge in [0.15, 0.2) is 0 Å². The zero-order valence-electron chi connectivity index (χ0n) is 13.6. The molecule has 0 spiro atoms. The van der Waals surface area contributed by atoms with Crippen molar-refractivity contribution < 1.29 is 0 Å². The van der Waals surface area contributed by atoms with Crippen molar-refractivity contribution in [3.8, 4) is 11.3 Å². The molecule has 0 saturated heterocycles. The molecule has 4 nitrogen and oxygen atoms in total. The van der Waals surface area contributed by atoms with Crippen LogP contribution in [0.4, 0.5) is 0 Å². The number of hydrogen-bond acceptors (Lipinski definition) is 2. The van der Waals surface area contributed by atoms with E-state index >= 15 is 0 Å². The first kappa shape index (κ1) is 14.7. The predicted octanol–water partition coefficient (Wildman–Crippen LogP) is 4.06. The van der Waals surface area contributed by atoms with Gasteiger partial charge in [-0.15, -0.1) is 0 Å². The van der Waals surface area contributed by atoms with Gasteiger partial charge in [-0.25, -0.2) is 4.98 Å². The van der Waals surface area contributed by atoms with Gasteiger partial charge in [-0.3, -0.25) is 0 Å². The zero-order valence-corrected chi connectivity index (χ0v) is 13.6. The molecule has 1 unspecified atom stereocenters. The van der Waals surface area contributed by atoms with Gasteiger partial charge in [0.05, 0.1) is 17.9 Å². The molecule has 3 N–H and O–H groups in total. The highest BCUT2D eigenvalue weighted by molar-refractivity contribution is 5.83. The average molecular weight is 316 g/mol. The van der Waals surface area contributed by atoms with Crippen molar-refractivity contribution >= 4 is 10.9 Å². The van der Waals surface area contributed by atoms with E-state index in [9.17, 15) is 0 Å². The van der Waals surface area contributed by atoms with Crippen LogP contribution >= 0.6 is 0 Å². The minimum Gasteiger partial charge on any atom is -0.361 e. The van der Waals surface area contributed by atoms with E-state index in [-0.39, 0.29) is 6.04 Å². The molecule has 2 heterocycles. The van der Waals surface area contributed by atoms with Gasteiger partial charge in [0.1, 0.15) is 5.82 Å². The number of nitrogens with zero attached hydrogens (tertiary/aromatic N) is 1. The number of para-hydroxylation sites is 1. The summed E-state index contributed by atoms with van der Waals surface area (Å²) in [7, 11) is 1.98. The maximum absolute atomic E-state index is 4.60. The molecule has 4 aromatic rings. The van der Waals surface area contributed by atoms with Crippen LogP contribution in [0.1, 0.15) is 17.4 Å². The van der Waals surface area contributed by atoms with Crippen LogP contribution in [-0.4, -0.2) is 22.0 Å². The second-order valence-electron chi connectivity index (χ2n) is 5.95. The van der Waals surface area contributed by atoms with Gasteiger partial charge in [-0.05, 0) is 30.7 Å². The number of imidazole rings is 1.